The van der Waals surface area contributed by atoms with E-state index in [-0.39, 0.29) is 17.9 Å². The number of methoxy groups -OCH3 is 1. The van der Waals surface area contributed by atoms with Gasteiger partial charge in [0.15, 0.2) is 5.89 Å². The van der Waals surface area contributed by atoms with Gasteiger partial charge < -0.3 is 13.9 Å². The van der Waals surface area contributed by atoms with Crippen molar-refractivity contribution in [2.45, 2.75) is 65.5 Å². The second-order valence-electron chi connectivity index (χ2n) is 9.50. The van der Waals surface area contributed by atoms with E-state index in [1.54, 1.807) is 33.9 Å². The van der Waals surface area contributed by atoms with Crippen molar-refractivity contribution in [3.8, 4) is 16.9 Å². The zero-order valence-electron chi connectivity index (χ0n) is 20.6. The van der Waals surface area contributed by atoms with E-state index in [1.165, 1.54) is 24.0 Å². The van der Waals surface area contributed by atoms with Crippen molar-refractivity contribution >= 4 is 17.6 Å². The number of nitrogens with zero attached hydrogens (tertiary/aromatic N) is 2. The van der Waals surface area contributed by atoms with Crippen molar-refractivity contribution in [2.24, 2.45) is 0 Å². The van der Waals surface area contributed by atoms with Gasteiger partial charge in [0.1, 0.15) is 23.7 Å². The molecule has 7 nitrogen and oxygen atoms in total. The molecule has 0 aliphatic heterocycles. The Morgan fingerprint density at radius 3 is 2.47 bits per heavy atom. The average Bonchev–Trinajstić information content (AvgIpc) is 3.15. The molecule has 182 valence electrons. The molecule has 0 N–H and O–H groups in total. The highest BCUT2D eigenvalue weighted by Gasteiger charge is 2.30. The minimum atomic E-state index is -0.955. The Balaban J connectivity index is 2.15. The van der Waals surface area contributed by atoms with Gasteiger partial charge in [0.25, 0.3) is 5.56 Å². The molecule has 0 fully saturated rings. The van der Waals surface area contributed by atoms with Gasteiger partial charge in [0.2, 0.25) is 0 Å². The lowest BCUT2D eigenvalue weighted by Crippen LogP contribution is -2.36. The highest BCUT2D eigenvalue weighted by molar-refractivity contribution is 6.30. The number of ether oxygens (including phenoxy) is 2. The molecule has 3 aromatic rings. The maximum Gasteiger partial charge on any atom is 0.330 e. The summed E-state index contributed by atoms with van der Waals surface area (Å²) in [5, 5.41) is 0.554. The molecule has 1 atom stereocenters. The minimum absolute atomic E-state index is 0.128. The van der Waals surface area contributed by atoms with Crippen molar-refractivity contribution in [3.05, 3.63) is 69.3 Å². The number of esters is 1. The van der Waals surface area contributed by atoms with Crippen LogP contribution < -0.4 is 10.3 Å². The lowest BCUT2D eigenvalue weighted by Gasteiger charge is -2.25. The smallest absolute Gasteiger partial charge is 0.330 e. The first-order valence-electron chi connectivity index (χ1n) is 11.1. The molecule has 0 spiro atoms. The number of hydrogen-bond donors (Lipinski definition) is 0. The lowest BCUT2D eigenvalue weighted by molar-refractivity contribution is -0.159. The summed E-state index contributed by atoms with van der Waals surface area (Å²) in [5.74, 6) is 0.564. The van der Waals surface area contributed by atoms with Crippen LogP contribution in [-0.4, -0.2) is 28.2 Å². The van der Waals surface area contributed by atoms with Crippen LogP contribution in [-0.2, 0) is 16.0 Å². The number of aromatic nitrogens is 2. The fourth-order valence-electron chi connectivity index (χ4n) is 3.78. The molecule has 34 heavy (non-hydrogen) atoms. The molecule has 3 rings (SSSR count). The Hall–Kier alpha value is -3.06. The molecule has 1 unspecified atom stereocenters. The standard InChI is InChI=1S/C26H31ClN2O5/c1-15(2)19-9-8-17(27)10-20(19)21-12-24(30)29(13-23(21)32-7)22(25(31)34-26(4,5)6)11-18-14-33-16(3)28-18/h8-10,12-15,22H,11H2,1-7H3. The van der Waals surface area contributed by atoms with Crippen LogP contribution >= 0.6 is 11.6 Å². The molecule has 8 heteroatoms. The third kappa shape index (κ3) is 5.89. The van der Waals surface area contributed by atoms with Crippen LogP contribution in [0.2, 0.25) is 5.02 Å². The predicted molar refractivity (Wildman–Crippen MR) is 132 cm³/mol. The van der Waals surface area contributed by atoms with Gasteiger partial charge in [-0.15, -0.1) is 0 Å². The van der Waals surface area contributed by atoms with Crippen molar-refractivity contribution in [1.29, 1.82) is 0 Å². The van der Waals surface area contributed by atoms with Gasteiger partial charge >= 0.3 is 5.97 Å². The van der Waals surface area contributed by atoms with E-state index in [1.807, 2.05) is 18.2 Å². The van der Waals surface area contributed by atoms with Crippen molar-refractivity contribution in [2.75, 3.05) is 7.11 Å². The molecule has 0 saturated heterocycles. The van der Waals surface area contributed by atoms with E-state index in [2.05, 4.69) is 18.8 Å². The zero-order valence-corrected chi connectivity index (χ0v) is 21.4. The number of rotatable bonds is 7. The number of benzene rings is 1. The molecular weight excluding hydrogens is 456 g/mol. The third-order valence-electron chi connectivity index (χ3n) is 5.28. The van der Waals surface area contributed by atoms with Gasteiger partial charge in [-0.2, -0.15) is 0 Å². The van der Waals surface area contributed by atoms with Crippen LogP contribution in [0.25, 0.3) is 11.1 Å². The number of carbonyl (C=O) groups is 1. The Morgan fingerprint density at radius 1 is 1.21 bits per heavy atom. The number of halogens is 1. The molecule has 0 aliphatic carbocycles. The fourth-order valence-corrected chi connectivity index (χ4v) is 3.95. The maximum atomic E-state index is 13.4. The van der Waals surface area contributed by atoms with Crippen LogP contribution in [0.1, 0.15) is 63.7 Å². The fraction of sp³-hybridized carbons (Fsp3) is 0.423. The van der Waals surface area contributed by atoms with E-state index in [9.17, 15) is 9.59 Å². The number of hydrogen-bond acceptors (Lipinski definition) is 6. The zero-order chi connectivity index (χ0) is 25.2. The molecule has 1 aromatic carbocycles. The van der Waals surface area contributed by atoms with E-state index in [0.29, 0.717) is 27.9 Å². The second kappa shape index (κ2) is 10.1. The van der Waals surface area contributed by atoms with Crippen molar-refractivity contribution < 1.29 is 18.7 Å². The first-order chi connectivity index (χ1) is 15.9. The summed E-state index contributed by atoms with van der Waals surface area (Å²) in [6.07, 6.45) is 3.15. The average molecular weight is 487 g/mol. The normalized spacial score (nSPS) is 12.6. The summed E-state index contributed by atoms with van der Waals surface area (Å²) < 4.78 is 17.9. The van der Waals surface area contributed by atoms with Crippen LogP contribution in [0.3, 0.4) is 0 Å². The van der Waals surface area contributed by atoms with E-state index in [0.717, 1.165) is 11.1 Å². The minimum Gasteiger partial charge on any atom is -0.495 e. The highest BCUT2D eigenvalue weighted by Crippen LogP contribution is 2.36. The number of pyridine rings is 1. The monoisotopic (exact) mass is 486 g/mol. The van der Waals surface area contributed by atoms with Gasteiger partial charge in [0.05, 0.1) is 19.0 Å². The summed E-state index contributed by atoms with van der Waals surface area (Å²) in [7, 11) is 1.52. The number of carbonyl (C=O) groups excluding carboxylic acids is 1. The SMILES string of the molecule is COc1cn(C(Cc2coc(C)n2)C(=O)OC(C)(C)C)c(=O)cc1-c1cc(Cl)ccc1C(C)C. The highest BCUT2D eigenvalue weighted by atomic mass is 35.5. The van der Waals surface area contributed by atoms with Crippen LogP contribution in [0.5, 0.6) is 5.75 Å². The Morgan fingerprint density at radius 2 is 1.91 bits per heavy atom. The number of oxazole rings is 1. The Kier molecular flexibility index (Phi) is 7.56. The van der Waals surface area contributed by atoms with Gasteiger partial charge in [-0.3, -0.25) is 9.36 Å². The van der Waals surface area contributed by atoms with Gasteiger partial charge in [-0.25, -0.2) is 9.78 Å². The molecule has 0 saturated carbocycles. The molecule has 0 amide bonds. The quantitative estimate of drug-likeness (QED) is 0.397. The lowest BCUT2D eigenvalue weighted by atomic mass is 9.92. The molecule has 0 aliphatic rings. The summed E-state index contributed by atoms with van der Waals surface area (Å²) >= 11 is 6.28. The maximum absolute atomic E-state index is 13.4. The Bertz CT molecular complexity index is 1240. The molecular formula is C26H31ClN2O5. The van der Waals surface area contributed by atoms with E-state index < -0.39 is 17.6 Å². The molecule has 2 heterocycles. The molecule has 2 aromatic heterocycles. The number of aryl methyl sites for hydroxylation is 1. The van der Waals surface area contributed by atoms with Crippen LogP contribution in [0.4, 0.5) is 0 Å². The summed E-state index contributed by atoms with van der Waals surface area (Å²) in [6, 6.07) is 6.11. The summed E-state index contributed by atoms with van der Waals surface area (Å²) in [6.45, 7) is 11.2. The summed E-state index contributed by atoms with van der Waals surface area (Å²) in [4.78, 5) is 30.8. The van der Waals surface area contributed by atoms with E-state index in [4.69, 9.17) is 25.5 Å². The van der Waals surface area contributed by atoms with Crippen LogP contribution in [0, 0.1) is 6.92 Å². The third-order valence-corrected chi connectivity index (χ3v) is 5.51. The summed E-state index contributed by atoms with van der Waals surface area (Å²) in [5.41, 5.74) is 1.89. The van der Waals surface area contributed by atoms with Crippen molar-refractivity contribution in [3.63, 3.8) is 0 Å². The van der Waals surface area contributed by atoms with Crippen molar-refractivity contribution in [1.82, 2.24) is 9.55 Å². The van der Waals surface area contributed by atoms with Gasteiger partial charge in [-0.1, -0.05) is 31.5 Å². The second-order valence-corrected chi connectivity index (χ2v) is 9.93. The predicted octanol–water partition coefficient (Wildman–Crippen LogP) is 5.72. The first-order valence-corrected chi connectivity index (χ1v) is 11.5. The molecule has 0 bridgehead atoms. The largest absolute Gasteiger partial charge is 0.495 e. The van der Waals surface area contributed by atoms with Gasteiger partial charge in [-0.05, 0) is 49.9 Å². The van der Waals surface area contributed by atoms with Crippen LogP contribution in [0.15, 0.2) is 45.9 Å². The first kappa shape index (κ1) is 25.6. The Labute approximate surface area is 204 Å². The van der Waals surface area contributed by atoms with Gasteiger partial charge in [0, 0.05) is 30.0 Å². The topological polar surface area (TPSA) is 83.6 Å². The molecule has 0 radical (unpaired) electrons. The van der Waals surface area contributed by atoms with E-state index >= 15 is 0 Å².